The van der Waals surface area contributed by atoms with Gasteiger partial charge in [0.1, 0.15) is 6.10 Å². The summed E-state index contributed by atoms with van der Waals surface area (Å²) in [4.78, 5) is 30.1. The second kappa shape index (κ2) is 7.00. The van der Waals surface area contributed by atoms with E-state index in [1.807, 2.05) is 20.8 Å². The molecule has 0 spiro atoms. The van der Waals surface area contributed by atoms with E-state index >= 15 is 0 Å². The fourth-order valence-electron chi connectivity index (χ4n) is 2.04. The Morgan fingerprint density at radius 1 is 1.43 bits per heavy atom. The summed E-state index contributed by atoms with van der Waals surface area (Å²) in [6.45, 7) is 6.59. The van der Waals surface area contributed by atoms with E-state index in [-0.39, 0.29) is 17.2 Å². The average molecular weight is 340 g/mol. The molecule has 0 bridgehead atoms. The van der Waals surface area contributed by atoms with E-state index in [9.17, 15) is 9.59 Å². The Hall–Kier alpha value is -1.41. The number of thioether (sulfide) groups is 1. The zero-order valence-electron chi connectivity index (χ0n) is 14.3. The Balaban J connectivity index is 2.20. The van der Waals surface area contributed by atoms with Gasteiger partial charge < -0.3 is 9.64 Å². The smallest absolute Gasteiger partial charge is 0.346 e. The minimum atomic E-state index is -0.425. The second-order valence-electron chi connectivity index (χ2n) is 6.80. The summed E-state index contributed by atoms with van der Waals surface area (Å²) in [5, 5.41) is 4.85. The first kappa shape index (κ1) is 17.9. The molecule has 1 saturated heterocycles. The van der Waals surface area contributed by atoms with E-state index in [0.717, 1.165) is 6.42 Å². The van der Waals surface area contributed by atoms with Crippen molar-refractivity contribution >= 4 is 23.6 Å². The first-order valence-corrected chi connectivity index (χ1v) is 8.65. The van der Waals surface area contributed by atoms with Gasteiger partial charge in [-0.2, -0.15) is 4.68 Å². The zero-order chi connectivity index (χ0) is 17.2. The van der Waals surface area contributed by atoms with Crippen LogP contribution in [0, 0.1) is 0 Å². The molecular formula is C15H24N4O3S. The highest BCUT2D eigenvalue weighted by atomic mass is 32.2. The third kappa shape index (κ3) is 4.32. The van der Waals surface area contributed by atoms with Crippen molar-refractivity contribution in [3.05, 3.63) is 5.82 Å². The molecule has 7 nitrogen and oxygen atoms in total. The number of hydrogen-bond acceptors (Lipinski definition) is 6. The summed E-state index contributed by atoms with van der Waals surface area (Å²) in [6.07, 6.45) is 0.914. The van der Waals surface area contributed by atoms with E-state index in [4.69, 9.17) is 4.74 Å². The van der Waals surface area contributed by atoms with Gasteiger partial charge in [-0.25, -0.2) is 9.78 Å². The van der Waals surface area contributed by atoms with Gasteiger partial charge in [-0.3, -0.25) is 4.79 Å². The predicted octanol–water partition coefficient (Wildman–Crippen LogP) is 1.95. The SMILES string of the molecule is CN(C)C(=O)n1nc(C(C)(C)C)nc1SCC1OCCCC1=O. The van der Waals surface area contributed by atoms with Crippen molar-refractivity contribution in [3.8, 4) is 0 Å². The number of ketones is 1. The maximum absolute atomic E-state index is 12.3. The van der Waals surface area contributed by atoms with Gasteiger partial charge in [0.25, 0.3) is 0 Å². The van der Waals surface area contributed by atoms with Crippen molar-refractivity contribution in [2.75, 3.05) is 26.5 Å². The van der Waals surface area contributed by atoms with Crippen LogP contribution in [0.2, 0.25) is 0 Å². The van der Waals surface area contributed by atoms with E-state index < -0.39 is 6.10 Å². The summed E-state index contributed by atoms with van der Waals surface area (Å²) >= 11 is 1.34. The van der Waals surface area contributed by atoms with Crippen LogP contribution in [0.15, 0.2) is 5.16 Å². The standard InChI is InChI=1S/C15H24N4O3S/c1-15(2,3)12-16-13(19(17-12)14(21)18(4)5)23-9-11-10(20)7-6-8-22-11/h11H,6-9H2,1-5H3. The van der Waals surface area contributed by atoms with Crippen LogP contribution in [-0.4, -0.2) is 64.0 Å². The lowest BCUT2D eigenvalue weighted by Crippen LogP contribution is -2.32. The maximum Gasteiger partial charge on any atom is 0.346 e. The Morgan fingerprint density at radius 3 is 2.70 bits per heavy atom. The molecule has 1 aliphatic heterocycles. The van der Waals surface area contributed by atoms with Gasteiger partial charge in [-0.05, 0) is 6.42 Å². The Labute approximate surface area is 140 Å². The third-order valence-corrected chi connectivity index (χ3v) is 4.41. The molecule has 8 heteroatoms. The topological polar surface area (TPSA) is 77.3 Å². The lowest BCUT2D eigenvalue weighted by molar-refractivity contribution is -0.133. The van der Waals surface area contributed by atoms with Crippen LogP contribution >= 0.6 is 11.8 Å². The molecule has 1 unspecified atom stereocenters. The number of ether oxygens (including phenoxy) is 1. The summed E-state index contributed by atoms with van der Waals surface area (Å²) in [5.41, 5.74) is -0.260. The van der Waals surface area contributed by atoms with Crippen LogP contribution in [0.5, 0.6) is 0 Å². The molecule has 1 amide bonds. The summed E-state index contributed by atoms with van der Waals surface area (Å²) in [6, 6.07) is -0.258. The van der Waals surface area contributed by atoms with E-state index in [0.29, 0.717) is 29.8 Å². The molecule has 0 radical (unpaired) electrons. The van der Waals surface area contributed by atoms with Crippen LogP contribution in [0.25, 0.3) is 0 Å². The van der Waals surface area contributed by atoms with Crippen LogP contribution in [0.4, 0.5) is 4.79 Å². The van der Waals surface area contributed by atoms with E-state index in [1.165, 1.54) is 21.3 Å². The first-order chi connectivity index (χ1) is 10.7. The monoisotopic (exact) mass is 340 g/mol. The van der Waals surface area contributed by atoms with Gasteiger partial charge in [0, 0.05) is 38.3 Å². The van der Waals surface area contributed by atoms with Gasteiger partial charge in [-0.1, -0.05) is 32.5 Å². The van der Waals surface area contributed by atoms with Gasteiger partial charge in [0.15, 0.2) is 16.8 Å². The average Bonchev–Trinajstić information content (AvgIpc) is 2.89. The molecule has 0 saturated carbocycles. The van der Waals surface area contributed by atoms with Crippen molar-refractivity contribution < 1.29 is 14.3 Å². The summed E-state index contributed by atoms with van der Waals surface area (Å²) in [5.74, 6) is 1.16. The lowest BCUT2D eigenvalue weighted by atomic mass is 9.96. The molecule has 128 valence electrons. The van der Waals surface area contributed by atoms with Crippen molar-refractivity contribution in [3.63, 3.8) is 0 Å². The Morgan fingerprint density at radius 2 is 2.13 bits per heavy atom. The molecule has 23 heavy (non-hydrogen) atoms. The van der Waals surface area contributed by atoms with Crippen LogP contribution in [0.1, 0.15) is 39.4 Å². The number of carbonyl (C=O) groups is 2. The normalized spacial score (nSPS) is 19.0. The summed E-state index contributed by atoms with van der Waals surface area (Å²) < 4.78 is 6.81. The molecule has 1 atom stereocenters. The maximum atomic E-state index is 12.3. The largest absolute Gasteiger partial charge is 0.370 e. The lowest BCUT2D eigenvalue weighted by Gasteiger charge is -2.20. The highest BCUT2D eigenvalue weighted by Crippen LogP contribution is 2.25. The van der Waals surface area contributed by atoms with Crippen LogP contribution < -0.4 is 0 Å². The zero-order valence-corrected chi connectivity index (χ0v) is 15.1. The van der Waals surface area contributed by atoms with Crippen molar-refractivity contribution in [1.82, 2.24) is 19.7 Å². The summed E-state index contributed by atoms with van der Waals surface area (Å²) in [7, 11) is 3.34. The van der Waals surface area contributed by atoms with Gasteiger partial charge in [0.05, 0.1) is 0 Å². The number of rotatable bonds is 3. The molecule has 0 N–H and O–H groups in total. The molecule has 1 fully saturated rings. The Kier molecular flexibility index (Phi) is 5.46. The molecule has 0 aliphatic carbocycles. The van der Waals surface area contributed by atoms with Crippen molar-refractivity contribution in [2.24, 2.45) is 0 Å². The number of aromatic nitrogens is 3. The van der Waals surface area contributed by atoms with Crippen LogP contribution in [0.3, 0.4) is 0 Å². The molecule has 1 aliphatic rings. The quantitative estimate of drug-likeness (QED) is 0.783. The third-order valence-electron chi connectivity index (χ3n) is 3.42. The minimum absolute atomic E-state index is 0.116. The minimum Gasteiger partial charge on any atom is -0.370 e. The number of hydrogen-bond donors (Lipinski definition) is 0. The predicted molar refractivity (Wildman–Crippen MR) is 87.9 cm³/mol. The highest BCUT2D eigenvalue weighted by molar-refractivity contribution is 7.99. The fourth-order valence-corrected chi connectivity index (χ4v) is 3.01. The number of nitrogens with zero attached hydrogens (tertiary/aromatic N) is 4. The van der Waals surface area contributed by atoms with Crippen LogP contribution in [-0.2, 0) is 14.9 Å². The number of amides is 1. The van der Waals surface area contributed by atoms with Crippen molar-refractivity contribution in [2.45, 2.75) is 50.3 Å². The molecular weight excluding hydrogens is 316 g/mol. The molecule has 2 rings (SSSR count). The molecule has 0 aromatic carbocycles. The van der Waals surface area contributed by atoms with Gasteiger partial charge in [0.2, 0.25) is 0 Å². The number of carbonyl (C=O) groups excluding carboxylic acids is 2. The number of Topliss-reactive ketones (excluding diaryl/α,β-unsaturated/α-hetero) is 1. The molecule has 2 heterocycles. The Bertz CT molecular complexity index is 592. The highest BCUT2D eigenvalue weighted by Gasteiger charge is 2.28. The molecule has 1 aromatic heterocycles. The molecule has 1 aromatic rings. The van der Waals surface area contributed by atoms with Gasteiger partial charge in [-0.15, -0.1) is 5.10 Å². The van der Waals surface area contributed by atoms with Crippen molar-refractivity contribution in [1.29, 1.82) is 0 Å². The van der Waals surface area contributed by atoms with E-state index in [1.54, 1.807) is 14.1 Å². The van der Waals surface area contributed by atoms with E-state index in [2.05, 4.69) is 10.1 Å². The second-order valence-corrected chi connectivity index (χ2v) is 7.78. The first-order valence-electron chi connectivity index (χ1n) is 7.66. The fraction of sp³-hybridized carbons (Fsp3) is 0.733. The van der Waals surface area contributed by atoms with Gasteiger partial charge >= 0.3 is 6.03 Å².